The van der Waals surface area contributed by atoms with Gasteiger partial charge in [-0.3, -0.25) is 0 Å². The molecule has 0 spiro atoms. The minimum atomic E-state index is -4.73. The molecule has 6 heteroatoms. The van der Waals surface area contributed by atoms with Crippen molar-refractivity contribution in [1.29, 1.82) is 0 Å². The fraction of sp³-hybridized carbons (Fsp3) is 0.200. The average Bonchev–Trinajstić information content (AvgIpc) is 2.39. The highest BCUT2D eigenvalue weighted by molar-refractivity contribution is 5.35. The standard InChI is InChI=1S/C15H11F5O/c1-8-2-3-9(6-13(8)17)14(21)10-4-11(15(18,19)20)7-12(16)5-10/h2-7,14,21H,1H3. The Morgan fingerprint density at radius 1 is 0.952 bits per heavy atom. The first-order valence-corrected chi connectivity index (χ1v) is 6.00. The van der Waals surface area contributed by atoms with Gasteiger partial charge in [-0.1, -0.05) is 12.1 Å². The van der Waals surface area contributed by atoms with Crippen molar-refractivity contribution in [2.75, 3.05) is 0 Å². The molecule has 1 nitrogen and oxygen atoms in total. The van der Waals surface area contributed by atoms with Crippen molar-refractivity contribution in [3.63, 3.8) is 0 Å². The lowest BCUT2D eigenvalue weighted by atomic mass is 9.98. The molecule has 1 atom stereocenters. The van der Waals surface area contributed by atoms with E-state index < -0.39 is 29.5 Å². The maximum absolute atomic E-state index is 13.4. The molecular weight excluding hydrogens is 291 g/mol. The van der Waals surface area contributed by atoms with E-state index in [0.29, 0.717) is 17.7 Å². The van der Waals surface area contributed by atoms with Crippen LogP contribution in [0.5, 0.6) is 0 Å². The van der Waals surface area contributed by atoms with E-state index in [9.17, 15) is 27.1 Å². The summed E-state index contributed by atoms with van der Waals surface area (Å²) in [7, 11) is 0. The lowest BCUT2D eigenvalue weighted by Crippen LogP contribution is -2.09. The van der Waals surface area contributed by atoms with E-state index in [-0.39, 0.29) is 11.1 Å². The van der Waals surface area contributed by atoms with Crippen molar-refractivity contribution < 1.29 is 27.1 Å². The van der Waals surface area contributed by atoms with Gasteiger partial charge in [0.2, 0.25) is 0 Å². The second kappa shape index (κ2) is 5.44. The van der Waals surface area contributed by atoms with Gasteiger partial charge in [-0.15, -0.1) is 0 Å². The molecule has 2 aromatic rings. The average molecular weight is 302 g/mol. The first-order valence-electron chi connectivity index (χ1n) is 6.00. The molecule has 2 aromatic carbocycles. The van der Waals surface area contributed by atoms with E-state index in [1.807, 2.05) is 0 Å². The topological polar surface area (TPSA) is 20.2 Å². The quantitative estimate of drug-likeness (QED) is 0.817. The monoisotopic (exact) mass is 302 g/mol. The van der Waals surface area contributed by atoms with Crippen molar-refractivity contribution in [3.8, 4) is 0 Å². The van der Waals surface area contributed by atoms with Gasteiger partial charge in [0.15, 0.2) is 0 Å². The Kier molecular flexibility index (Phi) is 4.00. The zero-order valence-electron chi connectivity index (χ0n) is 10.9. The number of alkyl halides is 3. The van der Waals surface area contributed by atoms with Gasteiger partial charge in [0, 0.05) is 0 Å². The van der Waals surface area contributed by atoms with Crippen LogP contribution in [0.1, 0.15) is 28.4 Å². The van der Waals surface area contributed by atoms with Crippen LogP contribution in [0.25, 0.3) is 0 Å². The van der Waals surface area contributed by atoms with Crippen molar-refractivity contribution in [2.45, 2.75) is 19.2 Å². The van der Waals surface area contributed by atoms with Crippen molar-refractivity contribution in [2.24, 2.45) is 0 Å². The summed E-state index contributed by atoms with van der Waals surface area (Å²) in [5.41, 5.74) is -1.10. The van der Waals surface area contributed by atoms with Gasteiger partial charge in [-0.25, -0.2) is 8.78 Å². The lowest BCUT2D eigenvalue weighted by molar-refractivity contribution is -0.137. The smallest absolute Gasteiger partial charge is 0.384 e. The van der Waals surface area contributed by atoms with Gasteiger partial charge in [0.25, 0.3) is 0 Å². The van der Waals surface area contributed by atoms with Crippen molar-refractivity contribution in [3.05, 3.63) is 70.3 Å². The summed E-state index contributed by atoms with van der Waals surface area (Å²) in [5, 5.41) is 10.0. The number of aliphatic hydroxyl groups is 1. The third-order valence-electron chi connectivity index (χ3n) is 3.07. The van der Waals surface area contributed by atoms with Crippen LogP contribution in [0.15, 0.2) is 36.4 Å². The third-order valence-corrected chi connectivity index (χ3v) is 3.07. The van der Waals surface area contributed by atoms with E-state index in [1.54, 1.807) is 0 Å². The van der Waals surface area contributed by atoms with E-state index in [4.69, 9.17) is 0 Å². The van der Waals surface area contributed by atoms with Crippen LogP contribution >= 0.6 is 0 Å². The van der Waals surface area contributed by atoms with E-state index in [2.05, 4.69) is 0 Å². The first kappa shape index (κ1) is 15.4. The molecule has 21 heavy (non-hydrogen) atoms. The molecule has 0 saturated carbocycles. The van der Waals surface area contributed by atoms with Gasteiger partial charge in [-0.05, 0) is 47.9 Å². The van der Waals surface area contributed by atoms with Crippen LogP contribution in [0.2, 0.25) is 0 Å². The fourth-order valence-electron chi connectivity index (χ4n) is 1.91. The zero-order chi connectivity index (χ0) is 15.8. The number of benzene rings is 2. The molecule has 0 aromatic heterocycles. The summed E-state index contributed by atoms with van der Waals surface area (Å²) in [6.07, 6.45) is -6.27. The van der Waals surface area contributed by atoms with Crippen LogP contribution in [-0.4, -0.2) is 5.11 Å². The predicted octanol–water partition coefficient (Wildman–Crippen LogP) is 4.37. The zero-order valence-corrected chi connectivity index (χ0v) is 10.9. The number of halogens is 5. The van der Waals surface area contributed by atoms with Gasteiger partial charge >= 0.3 is 6.18 Å². The van der Waals surface area contributed by atoms with Crippen LogP contribution in [-0.2, 0) is 6.18 Å². The second-order valence-electron chi connectivity index (χ2n) is 4.68. The van der Waals surface area contributed by atoms with E-state index in [0.717, 1.165) is 12.1 Å². The second-order valence-corrected chi connectivity index (χ2v) is 4.68. The Morgan fingerprint density at radius 2 is 1.62 bits per heavy atom. The number of hydrogen-bond acceptors (Lipinski definition) is 1. The van der Waals surface area contributed by atoms with E-state index >= 15 is 0 Å². The number of aryl methyl sites for hydroxylation is 1. The SMILES string of the molecule is Cc1ccc(C(O)c2cc(F)cc(C(F)(F)F)c2)cc1F. The van der Waals surface area contributed by atoms with Crippen LogP contribution < -0.4 is 0 Å². The van der Waals surface area contributed by atoms with E-state index in [1.165, 1.54) is 19.1 Å². The number of hydrogen-bond donors (Lipinski definition) is 1. The molecule has 112 valence electrons. The normalized spacial score (nSPS) is 13.3. The Bertz CT molecular complexity index is 664. The van der Waals surface area contributed by atoms with Gasteiger partial charge in [0.1, 0.15) is 17.7 Å². The summed E-state index contributed by atoms with van der Waals surface area (Å²) in [6.45, 7) is 1.51. The molecular formula is C15H11F5O. The summed E-state index contributed by atoms with van der Waals surface area (Å²) in [6, 6.07) is 5.55. The minimum Gasteiger partial charge on any atom is -0.384 e. The molecule has 0 aliphatic rings. The summed E-state index contributed by atoms with van der Waals surface area (Å²) in [5.74, 6) is -1.72. The lowest BCUT2D eigenvalue weighted by Gasteiger charge is -2.15. The Balaban J connectivity index is 2.45. The maximum Gasteiger partial charge on any atom is 0.416 e. The number of rotatable bonds is 2. The number of aliphatic hydroxyl groups excluding tert-OH is 1. The third kappa shape index (κ3) is 3.39. The Hall–Kier alpha value is -1.95. The first-order chi connectivity index (χ1) is 9.68. The van der Waals surface area contributed by atoms with Crippen LogP contribution in [0.3, 0.4) is 0 Å². The summed E-state index contributed by atoms with van der Waals surface area (Å²) < 4.78 is 64.6. The molecule has 1 N–H and O–H groups in total. The molecule has 2 rings (SSSR count). The molecule has 0 amide bonds. The molecule has 0 aliphatic carbocycles. The molecule has 0 radical (unpaired) electrons. The molecule has 0 bridgehead atoms. The molecule has 0 saturated heterocycles. The van der Waals surface area contributed by atoms with Gasteiger partial charge < -0.3 is 5.11 Å². The minimum absolute atomic E-state index is 0.0526. The van der Waals surface area contributed by atoms with Crippen molar-refractivity contribution >= 4 is 0 Å². The predicted molar refractivity (Wildman–Crippen MR) is 66.6 cm³/mol. The van der Waals surface area contributed by atoms with Gasteiger partial charge in [-0.2, -0.15) is 13.2 Å². The fourth-order valence-corrected chi connectivity index (χ4v) is 1.91. The van der Waals surface area contributed by atoms with Gasteiger partial charge in [0.05, 0.1) is 5.56 Å². The van der Waals surface area contributed by atoms with Crippen LogP contribution in [0, 0.1) is 18.6 Å². The highest BCUT2D eigenvalue weighted by atomic mass is 19.4. The molecule has 0 heterocycles. The Morgan fingerprint density at radius 3 is 2.19 bits per heavy atom. The summed E-state index contributed by atoms with van der Waals surface area (Å²) >= 11 is 0. The summed E-state index contributed by atoms with van der Waals surface area (Å²) in [4.78, 5) is 0. The Labute approximate surface area is 117 Å². The highest BCUT2D eigenvalue weighted by Crippen LogP contribution is 2.33. The van der Waals surface area contributed by atoms with Crippen molar-refractivity contribution in [1.82, 2.24) is 0 Å². The largest absolute Gasteiger partial charge is 0.416 e. The molecule has 1 unspecified atom stereocenters. The van der Waals surface area contributed by atoms with Crippen LogP contribution in [0.4, 0.5) is 22.0 Å². The highest BCUT2D eigenvalue weighted by Gasteiger charge is 2.32. The molecule has 0 fully saturated rings. The molecule has 0 aliphatic heterocycles. The maximum atomic E-state index is 13.4.